The number of benzene rings is 3. The summed E-state index contributed by atoms with van der Waals surface area (Å²) in [5, 5.41) is 9.52. The van der Waals surface area contributed by atoms with Gasteiger partial charge in [-0.25, -0.2) is 8.42 Å². The van der Waals surface area contributed by atoms with Crippen LogP contribution in [0.1, 0.15) is 68.1 Å². The zero-order valence-corrected chi connectivity index (χ0v) is 23.9. The van der Waals surface area contributed by atoms with Crippen molar-refractivity contribution in [3.8, 4) is 0 Å². The summed E-state index contributed by atoms with van der Waals surface area (Å²) in [5.41, 5.74) is 3.11. The molecule has 2 saturated heterocycles. The lowest BCUT2D eigenvalue weighted by Crippen LogP contribution is -2.45. The first-order chi connectivity index (χ1) is 19.4. The second-order valence-electron chi connectivity index (χ2n) is 10.9. The number of hydrogen-bond donors (Lipinski definition) is 2. The molecule has 0 aromatic heterocycles. The summed E-state index contributed by atoms with van der Waals surface area (Å²) in [5.74, 6) is 0.0985. The molecule has 2 N–H and O–H groups in total. The highest BCUT2D eigenvalue weighted by Crippen LogP contribution is 2.42. The molecule has 0 radical (unpaired) electrons. The van der Waals surface area contributed by atoms with Crippen LogP contribution < -0.4 is 4.72 Å². The average Bonchev–Trinajstić information content (AvgIpc) is 2.96. The van der Waals surface area contributed by atoms with Gasteiger partial charge in [0.15, 0.2) is 6.29 Å². The minimum absolute atomic E-state index is 0.00361. The predicted molar refractivity (Wildman–Crippen MR) is 156 cm³/mol. The molecule has 3 aromatic rings. The van der Waals surface area contributed by atoms with E-state index in [4.69, 9.17) is 9.47 Å². The van der Waals surface area contributed by atoms with Gasteiger partial charge in [-0.2, -0.15) is 0 Å². The maximum Gasteiger partial charge on any atom is 0.261 e. The first-order valence-electron chi connectivity index (χ1n) is 14.3. The minimum atomic E-state index is -3.73. The van der Waals surface area contributed by atoms with Crippen LogP contribution in [-0.4, -0.2) is 44.2 Å². The number of nitrogens with zero attached hydrogens (tertiary/aromatic N) is 1. The van der Waals surface area contributed by atoms with Crippen molar-refractivity contribution in [1.82, 2.24) is 4.90 Å². The second-order valence-corrected chi connectivity index (χ2v) is 12.6. The number of ether oxygens (including phenoxy) is 2. The minimum Gasteiger partial charge on any atom is -0.392 e. The Kier molecular flexibility index (Phi) is 9.55. The van der Waals surface area contributed by atoms with Gasteiger partial charge in [-0.3, -0.25) is 4.72 Å². The van der Waals surface area contributed by atoms with E-state index in [2.05, 4.69) is 16.5 Å². The second kappa shape index (κ2) is 13.3. The van der Waals surface area contributed by atoms with Crippen LogP contribution in [0.3, 0.4) is 0 Å². The summed E-state index contributed by atoms with van der Waals surface area (Å²) < 4.78 is 41.8. The van der Waals surface area contributed by atoms with Crippen LogP contribution in [0, 0.1) is 5.92 Å². The van der Waals surface area contributed by atoms with Crippen molar-refractivity contribution in [1.29, 1.82) is 0 Å². The summed E-state index contributed by atoms with van der Waals surface area (Å²) in [7, 11) is -3.73. The Labute approximate surface area is 238 Å². The van der Waals surface area contributed by atoms with E-state index < -0.39 is 16.3 Å². The Morgan fingerprint density at radius 3 is 2.25 bits per heavy atom. The van der Waals surface area contributed by atoms with Gasteiger partial charge >= 0.3 is 0 Å². The summed E-state index contributed by atoms with van der Waals surface area (Å²) in [6.45, 7) is 5.15. The third-order valence-electron chi connectivity index (χ3n) is 7.97. The molecule has 2 heterocycles. The lowest BCUT2D eigenvalue weighted by atomic mass is 9.89. The SMILES string of the molecule is C[C@H]1[C@@H](CN2CCCCCCC2)OC(c2cccc(NS(=O)(=O)c3ccccc3)c2)O[C@H]1c1ccc(CO)cc1. The third kappa shape index (κ3) is 7.11. The van der Waals surface area contributed by atoms with Gasteiger partial charge < -0.3 is 19.5 Å². The number of hydrogen-bond acceptors (Lipinski definition) is 6. The van der Waals surface area contributed by atoms with Gasteiger partial charge in [-0.05, 0) is 61.3 Å². The zero-order chi connectivity index (χ0) is 28.0. The van der Waals surface area contributed by atoms with Crippen LogP contribution in [0.2, 0.25) is 0 Å². The standard InChI is InChI=1S/C32H40N2O5S/c1-24-30(22-34-19-8-3-2-4-9-20-34)38-32(39-31(24)26-17-15-25(23-35)16-18-26)27-11-10-12-28(21-27)33-40(36,37)29-13-6-5-7-14-29/h5-7,10-18,21,24,30-33,35H,2-4,8-9,19-20,22-23H2,1H3/t24-,30+,31+,32?/m0/s1. The van der Waals surface area contributed by atoms with E-state index in [1.54, 1.807) is 42.5 Å². The van der Waals surface area contributed by atoms with E-state index in [1.165, 1.54) is 32.1 Å². The largest absolute Gasteiger partial charge is 0.392 e. The van der Waals surface area contributed by atoms with E-state index in [0.717, 1.165) is 36.3 Å². The highest BCUT2D eigenvalue weighted by Gasteiger charge is 2.39. The van der Waals surface area contributed by atoms with E-state index in [1.807, 2.05) is 36.4 Å². The highest BCUT2D eigenvalue weighted by molar-refractivity contribution is 7.92. The number of rotatable bonds is 8. The lowest BCUT2D eigenvalue weighted by Gasteiger charge is -2.43. The molecule has 2 aliphatic rings. The molecule has 40 heavy (non-hydrogen) atoms. The van der Waals surface area contributed by atoms with Crippen molar-refractivity contribution in [3.05, 3.63) is 95.6 Å². The fourth-order valence-corrected chi connectivity index (χ4v) is 6.71. The topological polar surface area (TPSA) is 88.1 Å². The molecule has 2 fully saturated rings. The summed E-state index contributed by atoms with van der Waals surface area (Å²) in [6, 6.07) is 23.5. The van der Waals surface area contributed by atoms with Crippen molar-refractivity contribution >= 4 is 15.7 Å². The van der Waals surface area contributed by atoms with Crippen molar-refractivity contribution < 1.29 is 23.0 Å². The third-order valence-corrected chi connectivity index (χ3v) is 9.37. The molecule has 0 spiro atoms. The first-order valence-corrected chi connectivity index (χ1v) is 15.8. The maximum absolute atomic E-state index is 13.0. The van der Waals surface area contributed by atoms with Gasteiger partial charge in [0.05, 0.1) is 23.7 Å². The van der Waals surface area contributed by atoms with Gasteiger partial charge in [-0.1, -0.05) is 80.8 Å². The molecule has 214 valence electrons. The van der Waals surface area contributed by atoms with Gasteiger partial charge in [0.2, 0.25) is 0 Å². The van der Waals surface area contributed by atoms with Crippen molar-refractivity contribution in [2.24, 2.45) is 5.92 Å². The molecule has 3 aromatic carbocycles. The van der Waals surface area contributed by atoms with E-state index >= 15 is 0 Å². The summed E-state index contributed by atoms with van der Waals surface area (Å²) in [4.78, 5) is 2.73. The van der Waals surface area contributed by atoms with Crippen molar-refractivity contribution in [2.45, 2.75) is 69.0 Å². The van der Waals surface area contributed by atoms with Gasteiger partial charge in [0.25, 0.3) is 10.0 Å². The molecule has 2 aliphatic heterocycles. The van der Waals surface area contributed by atoms with Crippen molar-refractivity contribution in [2.75, 3.05) is 24.4 Å². The molecule has 0 amide bonds. The Bertz CT molecular complexity index is 1320. The fraction of sp³-hybridized carbons (Fsp3) is 0.438. The maximum atomic E-state index is 13.0. The van der Waals surface area contributed by atoms with Crippen LogP contribution in [-0.2, 0) is 26.1 Å². The van der Waals surface area contributed by atoms with Gasteiger partial charge in [0.1, 0.15) is 0 Å². The Balaban J connectivity index is 1.40. The first kappa shape index (κ1) is 28.8. The van der Waals surface area contributed by atoms with Crippen LogP contribution >= 0.6 is 0 Å². The average molecular weight is 565 g/mol. The summed E-state index contributed by atoms with van der Waals surface area (Å²) >= 11 is 0. The molecule has 8 heteroatoms. The van der Waals surface area contributed by atoms with E-state index in [9.17, 15) is 13.5 Å². The van der Waals surface area contributed by atoms with Crippen LogP contribution in [0.4, 0.5) is 5.69 Å². The Hall–Kier alpha value is -2.75. The van der Waals surface area contributed by atoms with Gasteiger partial charge in [0, 0.05) is 23.7 Å². The molecule has 0 saturated carbocycles. The molecule has 5 rings (SSSR count). The van der Waals surface area contributed by atoms with Crippen molar-refractivity contribution in [3.63, 3.8) is 0 Å². The highest BCUT2D eigenvalue weighted by atomic mass is 32.2. The van der Waals surface area contributed by atoms with Gasteiger partial charge in [-0.15, -0.1) is 0 Å². The molecule has 4 atom stereocenters. The number of aliphatic hydroxyl groups is 1. The normalized spacial score (nSPS) is 24.6. The fourth-order valence-electron chi connectivity index (χ4n) is 5.64. The number of sulfonamides is 1. The molecule has 0 aliphatic carbocycles. The molecule has 0 bridgehead atoms. The molecule has 1 unspecified atom stereocenters. The van der Waals surface area contributed by atoms with E-state index in [-0.39, 0.29) is 29.6 Å². The molecule has 7 nitrogen and oxygen atoms in total. The van der Waals surface area contributed by atoms with Crippen LogP contribution in [0.5, 0.6) is 0 Å². The Morgan fingerprint density at radius 2 is 1.55 bits per heavy atom. The van der Waals surface area contributed by atoms with Crippen LogP contribution in [0.25, 0.3) is 0 Å². The summed E-state index contributed by atoms with van der Waals surface area (Å²) in [6.07, 6.45) is 5.34. The quantitative estimate of drug-likeness (QED) is 0.347. The zero-order valence-electron chi connectivity index (χ0n) is 23.1. The Morgan fingerprint density at radius 1 is 0.850 bits per heavy atom. The van der Waals surface area contributed by atoms with E-state index in [0.29, 0.717) is 5.69 Å². The monoisotopic (exact) mass is 564 g/mol. The lowest BCUT2D eigenvalue weighted by molar-refractivity contribution is -0.276. The number of nitrogens with one attached hydrogen (secondary N) is 1. The van der Waals surface area contributed by atoms with Crippen LogP contribution in [0.15, 0.2) is 83.8 Å². The number of anilines is 1. The molecular formula is C32H40N2O5S. The molecular weight excluding hydrogens is 524 g/mol. The predicted octanol–water partition coefficient (Wildman–Crippen LogP) is 6.04. The smallest absolute Gasteiger partial charge is 0.261 e. The number of likely N-dealkylation sites (tertiary alicyclic amines) is 1. The number of aliphatic hydroxyl groups excluding tert-OH is 1.